The zero-order valence-corrected chi connectivity index (χ0v) is 12.0. The number of hydrogen-bond acceptors (Lipinski definition) is 4. The van der Waals surface area contributed by atoms with Crippen molar-refractivity contribution in [3.05, 3.63) is 21.4 Å². The second kappa shape index (κ2) is 5.23. The molecule has 3 atom stereocenters. The Balaban J connectivity index is 1.64. The van der Waals surface area contributed by atoms with Gasteiger partial charge in [-0.15, -0.1) is 11.3 Å². The van der Waals surface area contributed by atoms with Crippen molar-refractivity contribution in [3.8, 4) is 0 Å². The Labute approximate surface area is 117 Å². The highest BCUT2D eigenvalue weighted by atomic mass is 32.1. The highest BCUT2D eigenvalue weighted by Crippen LogP contribution is 2.31. The summed E-state index contributed by atoms with van der Waals surface area (Å²) in [5, 5.41) is 3.03. The van der Waals surface area contributed by atoms with E-state index in [-0.39, 0.29) is 24.1 Å². The Morgan fingerprint density at radius 1 is 1.58 bits per heavy atom. The summed E-state index contributed by atoms with van der Waals surface area (Å²) < 4.78 is 5.57. The fourth-order valence-electron chi connectivity index (χ4n) is 2.89. The largest absolute Gasteiger partial charge is 0.376 e. The van der Waals surface area contributed by atoms with Crippen LogP contribution in [0.4, 0.5) is 0 Å². The van der Waals surface area contributed by atoms with Crippen LogP contribution < -0.4 is 11.1 Å². The molecule has 2 aliphatic carbocycles. The van der Waals surface area contributed by atoms with Gasteiger partial charge >= 0.3 is 0 Å². The predicted octanol–water partition coefficient (Wildman–Crippen LogP) is 1.47. The Bertz CT molecular complexity index is 462. The number of aryl methyl sites for hydroxylation is 2. The minimum absolute atomic E-state index is 0.00394. The van der Waals surface area contributed by atoms with Crippen LogP contribution in [-0.4, -0.2) is 30.7 Å². The topological polar surface area (TPSA) is 64.3 Å². The van der Waals surface area contributed by atoms with Gasteiger partial charge in [0.15, 0.2) is 0 Å². The molecule has 1 amide bonds. The normalized spacial score (nSPS) is 28.8. The summed E-state index contributed by atoms with van der Waals surface area (Å²) >= 11 is 1.63. The molecule has 0 radical (unpaired) electrons. The van der Waals surface area contributed by atoms with Crippen molar-refractivity contribution >= 4 is 17.2 Å². The van der Waals surface area contributed by atoms with Gasteiger partial charge in [-0.1, -0.05) is 0 Å². The van der Waals surface area contributed by atoms with Crippen LogP contribution in [0.2, 0.25) is 0 Å². The van der Waals surface area contributed by atoms with Crippen molar-refractivity contribution in [2.45, 2.75) is 50.8 Å². The lowest BCUT2D eigenvalue weighted by atomic mass is 9.83. The van der Waals surface area contributed by atoms with Gasteiger partial charge in [0.1, 0.15) is 0 Å². The lowest BCUT2D eigenvalue weighted by Gasteiger charge is -2.42. The molecule has 3 rings (SSSR count). The number of ether oxygens (including phenoxy) is 1. The van der Waals surface area contributed by atoms with Gasteiger partial charge in [-0.25, -0.2) is 0 Å². The third kappa shape index (κ3) is 2.42. The lowest BCUT2D eigenvalue weighted by Crippen LogP contribution is -2.64. The fourth-order valence-corrected chi connectivity index (χ4v) is 4.05. The van der Waals surface area contributed by atoms with Crippen molar-refractivity contribution in [1.29, 1.82) is 0 Å². The summed E-state index contributed by atoms with van der Waals surface area (Å²) in [5.74, 6) is 0.00394. The molecule has 19 heavy (non-hydrogen) atoms. The quantitative estimate of drug-likeness (QED) is 0.878. The van der Waals surface area contributed by atoms with Gasteiger partial charge in [0, 0.05) is 17.5 Å². The van der Waals surface area contributed by atoms with Crippen molar-refractivity contribution in [3.63, 3.8) is 0 Å². The number of nitrogens with one attached hydrogen (secondary N) is 1. The average Bonchev–Trinajstić information content (AvgIpc) is 2.96. The van der Waals surface area contributed by atoms with Crippen LogP contribution in [-0.2, 0) is 17.6 Å². The minimum Gasteiger partial charge on any atom is -0.376 e. The zero-order valence-electron chi connectivity index (χ0n) is 11.1. The van der Waals surface area contributed by atoms with Crippen molar-refractivity contribution < 1.29 is 9.53 Å². The van der Waals surface area contributed by atoms with Gasteiger partial charge in [-0.05, 0) is 44.2 Å². The van der Waals surface area contributed by atoms with Gasteiger partial charge in [-0.3, -0.25) is 4.79 Å². The predicted molar refractivity (Wildman–Crippen MR) is 75.6 cm³/mol. The molecule has 4 nitrogen and oxygen atoms in total. The molecule has 104 valence electrons. The van der Waals surface area contributed by atoms with Crippen LogP contribution in [0, 0.1) is 0 Å². The van der Waals surface area contributed by atoms with Gasteiger partial charge in [-0.2, -0.15) is 0 Å². The Morgan fingerprint density at radius 2 is 2.42 bits per heavy atom. The lowest BCUT2D eigenvalue weighted by molar-refractivity contribution is -0.0299. The highest BCUT2D eigenvalue weighted by Gasteiger charge is 2.40. The molecule has 1 aromatic rings. The molecule has 5 heteroatoms. The molecular formula is C14H20N2O2S. The standard InChI is InChI=1S/C14H20N2O2S/c1-2-18-10-7-9(15)13(10)16-14(17)12-6-8-4-3-5-11(8)19-12/h6,9-10,13H,2-5,7,15H2,1H3,(H,16,17). The number of amides is 1. The van der Waals surface area contributed by atoms with E-state index in [1.54, 1.807) is 11.3 Å². The molecule has 0 spiro atoms. The van der Waals surface area contributed by atoms with E-state index in [4.69, 9.17) is 10.5 Å². The molecule has 1 saturated carbocycles. The minimum atomic E-state index is -0.0376. The first kappa shape index (κ1) is 13.1. The van der Waals surface area contributed by atoms with Crippen molar-refractivity contribution in [2.75, 3.05) is 6.61 Å². The number of fused-ring (bicyclic) bond motifs is 1. The Hall–Kier alpha value is -0.910. The second-order valence-corrected chi connectivity index (χ2v) is 6.44. The molecule has 1 fully saturated rings. The molecule has 2 aliphatic rings. The van der Waals surface area contributed by atoms with Gasteiger partial charge in [0.05, 0.1) is 17.0 Å². The van der Waals surface area contributed by atoms with E-state index in [0.717, 1.165) is 24.1 Å². The maximum atomic E-state index is 12.2. The van der Waals surface area contributed by atoms with E-state index in [1.165, 1.54) is 16.9 Å². The number of carbonyl (C=O) groups excluding carboxylic acids is 1. The summed E-state index contributed by atoms with van der Waals surface area (Å²) in [6, 6.07) is 2.03. The third-order valence-electron chi connectivity index (χ3n) is 4.02. The van der Waals surface area contributed by atoms with E-state index in [0.29, 0.717) is 6.61 Å². The Morgan fingerprint density at radius 3 is 3.11 bits per heavy atom. The van der Waals surface area contributed by atoms with Gasteiger partial charge < -0.3 is 15.8 Å². The molecule has 0 aromatic carbocycles. The summed E-state index contributed by atoms with van der Waals surface area (Å²) in [5.41, 5.74) is 7.31. The smallest absolute Gasteiger partial charge is 0.261 e. The van der Waals surface area contributed by atoms with Crippen molar-refractivity contribution in [1.82, 2.24) is 5.32 Å². The molecule has 0 saturated heterocycles. The van der Waals surface area contributed by atoms with Crippen LogP contribution in [0.3, 0.4) is 0 Å². The van der Waals surface area contributed by atoms with E-state index < -0.39 is 0 Å². The Kier molecular flexibility index (Phi) is 3.60. The first-order valence-electron chi connectivity index (χ1n) is 6.98. The van der Waals surface area contributed by atoms with Gasteiger partial charge in [0.2, 0.25) is 0 Å². The number of carbonyl (C=O) groups is 1. The summed E-state index contributed by atoms with van der Waals surface area (Å²) in [7, 11) is 0. The fraction of sp³-hybridized carbons (Fsp3) is 0.643. The number of rotatable bonds is 4. The van der Waals surface area contributed by atoms with Crippen LogP contribution in [0.25, 0.3) is 0 Å². The SMILES string of the molecule is CCOC1CC(N)C1NC(=O)c1cc2c(s1)CCC2. The number of thiophene rings is 1. The maximum Gasteiger partial charge on any atom is 0.261 e. The molecule has 0 aliphatic heterocycles. The molecule has 1 aromatic heterocycles. The second-order valence-electron chi connectivity index (χ2n) is 5.31. The monoisotopic (exact) mass is 280 g/mol. The zero-order chi connectivity index (χ0) is 13.4. The first-order valence-corrected chi connectivity index (χ1v) is 7.80. The van der Waals surface area contributed by atoms with Crippen LogP contribution in [0.15, 0.2) is 6.07 Å². The van der Waals surface area contributed by atoms with Crippen LogP contribution >= 0.6 is 11.3 Å². The summed E-state index contributed by atoms with van der Waals surface area (Å²) in [4.78, 5) is 14.4. The average molecular weight is 280 g/mol. The molecule has 0 bridgehead atoms. The molecular weight excluding hydrogens is 260 g/mol. The number of nitrogens with two attached hydrogens (primary N) is 1. The van der Waals surface area contributed by atoms with E-state index in [1.807, 2.05) is 13.0 Å². The highest BCUT2D eigenvalue weighted by molar-refractivity contribution is 7.14. The summed E-state index contributed by atoms with van der Waals surface area (Å²) in [6.07, 6.45) is 4.38. The summed E-state index contributed by atoms with van der Waals surface area (Å²) in [6.45, 7) is 2.63. The van der Waals surface area contributed by atoms with E-state index in [2.05, 4.69) is 5.32 Å². The van der Waals surface area contributed by atoms with E-state index in [9.17, 15) is 4.79 Å². The van der Waals surface area contributed by atoms with Crippen LogP contribution in [0.1, 0.15) is 39.9 Å². The third-order valence-corrected chi connectivity index (χ3v) is 5.25. The molecule has 3 unspecified atom stereocenters. The van der Waals surface area contributed by atoms with Crippen LogP contribution in [0.5, 0.6) is 0 Å². The first-order chi connectivity index (χ1) is 9.19. The molecule has 3 N–H and O–H groups in total. The maximum absolute atomic E-state index is 12.2. The van der Waals surface area contributed by atoms with Crippen molar-refractivity contribution in [2.24, 2.45) is 5.73 Å². The molecule has 1 heterocycles. The number of hydrogen-bond donors (Lipinski definition) is 2. The van der Waals surface area contributed by atoms with E-state index >= 15 is 0 Å². The van der Waals surface area contributed by atoms with Gasteiger partial charge in [0.25, 0.3) is 5.91 Å².